The van der Waals surface area contributed by atoms with Crippen LogP contribution >= 0.6 is 0 Å². The minimum atomic E-state index is -0.638. The van der Waals surface area contributed by atoms with Gasteiger partial charge in [0.05, 0.1) is 11.0 Å². The predicted molar refractivity (Wildman–Crippen MR) is 55.6 cm³/mol. The average Bonchev–Trinajstić information content (AvgIpc) is 2.59. The van der Waals surface area contributed by atoms with Crippen molar-refractivity contribution in [1.82, 2.24) is 4.98 Å². The molecular formula is C10H10N2O3. The normalized spacial score (nSPS) is 12.9. The number of fused-ring (bicyclic) bond motifs is 1. The zero-order valence-electron chi connectivity index (χ0n) is 8.10. The van der Waals surface area contributed by atoms with E-state index >= 15 is 0 Å². The lowest BCUT2D eigenvalue weighted by Crippen LogP contribution is -1.90. The number of aromatic amines is 1. The van der Waals surface area contributed by atoms with Crippen LogP contribution in [-0.2, 0) is 0 Å². The van der Waals surface area contributed by atoms with Gasteiger partial charge in [-0.2, -0.15) is 0 Å². The van der Waals surface area contributed by atoms with E-state index in [2.05, 4.69) is 4.98 Å². The van der Waals surface area contributed by atoms with E-state index in [-0.39, 0.29) is 5.69 Å². The third-order valence-electron chi connectivity index (χ3n) is 2.37. The third-order valence-corrected chi connectivity index (χ3v) is 2.37. The number of aliphatic hydroxyl groups is 1. The molecule has 1 heterocycles. The maximum Gasteiger partial charge on any atom is 0.293 e. The highest BCUT2D eigenvalue weighted by atomic mass is 16.6. The second kappa shape index (κ2) is 3.36. The second-order valence-corrected chi connectivity index (χ2v) is 3.38. The lowest BCUT2D eigenvalue weighted by atomic mass is 10.1. The Hall–Kier alpha value is -1.88. The van der Waals surface area contributed by atoms with Gasteiger partial charge in [-0.3, -0.25) is 10.1 Å². The molecule has 2 rings (SSSR count). The SMILES string of the molecule is C[C@@H](O)c1c[nH]c2c([N+](=O)[O-])cccc12. The molecule has 5 nitrogen and oxygen atoms in total. The zero-order valence-corrected chi connectivity index (χ0v) is 8.10. The number of nitrogens with zero attached hydrogens (tertiary/aromatic N) is 1. The number of benzene rings is 1. The number of non-ortho nitro benzene ring substituents is 1. The maximum atomic E-state index is 10.7. The summed E-state index contributed by atoms with van der Waals surface area (Å²) in [7, 11) is 0. The van der Waals surface area contributed by atoms with Crippen molar-refractivity contribution >= 4 is 16.6 Å². The maximum absolute atomic E-state index is 10.7. The summed E-state index contributed by atoms with van der Waals surface area (Å²) < 4.78 is 0. The van der Waals surface area contributed by atoms with E-state index in [0.29, 0.717) is 16.5 Å². The highest BCUT2D eigenvalue weighted by Crippen LogP contribution is 2.29. The first-order valence-electron chi connectivity index (χ1n) is 4.53. The van der Waals surface area contributed by atoms with Crippen LogP contribution in [0.5, 0.6) is 0 Å². The Labute approximate surface area is 85.5 Å². The number of aliphatic hydroxyl groups excluding tert-OH is 1. The molecule has 1 aromatic heterocycles. The summed E-state index contributed by atoms with van der Waals surface area (Å²) in [5.41, 5.74) is 1.16. The first-order valence-corrected chi connectivity index (χ1v) is 4.53. The summed E-state index contributed by atoms with van der Waals surface area (Å²) in [6, 6.07) is 4.80. The Kier molecular flexibility index (Phi) is 2.17. The van der Waals surface area contributed by atoms with Gasteiger partial charge in [-0.15, -0.1) is 0 Å². The van der Waals surface area contributed by atoms with Crippen LogP contribution in [0.1, 0.15) is 18.6 Å². The molecule has 2 N–H and O–H groups in total. The standard InChI is InChI=1S/C10H10N2O3/c1-6(13)8-5-11-10-7(8)3-2-4-9(10)12(14)15/h2-6,11,13H,1H3/t6-/m1/s1. The highest BCUT2D eigenvalue weighted by Gasteiger charge is 2.16. The Morgan fingerprint density at radius 2 is 2.27 bits per heavy atom. The van der Waals surface area contributed by atoms with E-state index in [1.54, 1.807) is 25.3 Å². The molecule has 0 saturated carbocycles. The van der Waals surface area contributed by atoms with E-state index in [4.69, 9.17) is 0 Å². The van der Waals surface area contributed by atoms with Crippen LogP contribution in [-0.4, -0.2) is 15.0 Å². The van der Waals surface area contributed by atoms with Crippen LogP contribution in [0.15, 0.2) is 24.4 Å². The first-order chi connectivity index (χ1) is 7.11. The third kappa shape index (κ3) is 1.46. The van der Waals surface area contributed by atoms with Crippen LogP contribution in [0.4, 0.5) is 5.69 Å². The molecule has 2 aromatic rings. The number of para-hydroxylation sites is 1. The number of nitro groups is 1. The van der Waals surface area contributed by atoms with E-state index < -0.39 is 11.0 Å². The van der Waals surface area contributed by atoms with Gasteiger partial charge in [0, 0.05) is 23.2 Å². The van der Waals surface area contributed by atoms with Crippen molar-refractivity contribution in [2.24, 2.45) is 0 Å². The van der Waals surface area contributed by atoms with Crippen molar-refractivity contribution in [3.8, 4) is 0 Å². The Balaban J connectivity index is 2.74. The van der Waals surface area contributed by atoms with E-state index in [9.17, 15) is 15.2 Å². The second-order valence-electron chi connectivity index (χ2n) is 3.38. The molecule has 5 heteroatoms. The molecule has 0 spiro atoms. The van der Waals surface area contributed by atoms with Crippen molar-refractivity contribution < 1.29 is 10.0 Å². The molecular weight excluding hydrogens is 196 g/mol. The molecule has 1 atom stereocenters. The van der Waals surface area contributed by atoms with Crippen LogP contribution in [0, 0.1) is 10.1 Å². The molecule has 0 amide bonds. The lowest BCUT2D eigenvalue weighted by molar-refractivity contribution is -0.383. The van der Waals surface area contributed by atoms with Gasteiger partial charge in [0.2, 0.25) is 0 Å². The largest absolute Gasteiger partial charge is 0.389 e. The van der Waals surface area contributed by atoms with Gasteiger partial charge in [-0.1, -0.05) is 12.1 Å². The minimum Gasteiger partial charge on any atom is -0.389 e. The predicted octanol–water partition coefficient (Wildman–Crippen LogP) is 2.13. The highest BCUT2D eigenvalue weighted by molar-refractivity contribution is 5.90. The summed E-state index contributed by atoms with van der Waals surface area (Å²) >= 11 is 0. The smallest absolute Gasteiger partial charge is 0.293 e. The number of aromatic nitrogens is 1. The van der Waals surface area contributed by atoms with Gasteiger partial charge in [0.15, 0.2) is 0 Å². The fourth-order valence-corrected chi connectivity index (χ4v) is 1.66. The Morgan fingerprint density at radius 3 is 2.87 bits per heavy atom. The van der Waals surface area contributed by atoms with Gasteiger partial charge in [-0.25, -0.2) is 0 Å². The zero-order chi connectivity index (χ0) is 11.0. The quantitative estimate of drug-likeness (QED) is 0.583. The molecule has 0 unspecified atom stereocenters. The lowest BCUT2D eigenvalue weighted by Gasteiger charge is -2.00. The van der Waals surface area contributed by atoms with Gasteiger partial charge >= 0.3 is 0 Å². The average molecular weight is 206 g/mol. The van der Waals surface area contributed by atoms with Crippen molar-refractivity contribution in [2.45, 2.75) is 13.0 Å². The number of hydrogen-bond donors (Lipinski definition) is 2. The molecule has 0 fully saturated rings. The molecule has 0 radical (unpaired) electrons. The van der Waals surface area contributed by atoms with Crippen molar-refractivity contribution in [2.75, 3.05) is 0 Å². The van der Waals surface area contributed by atoms with Gasteiger partial charge in [0.25, 0.3) is 5.69 Å². The number of nitrogens with one attached hydrogen (secondary N) is 1. The van der Waals surface area contributed by atoms with Gasteiger partial charge in [-0.05, 0) is 6.92 Å². The fourth-order valence-electron chi connectivity index (χ4n) is 1.66. The summed E-state index contributed by atoms with van der Waals surface area (Å²) in [6.07, 6.45) is 0.961. The first kappa shape index (κ1) is 9.67. The summed E-state index contributed by atoms with van der Waals surface area (Å²) in [4.78, 5) is 13.1. The number of rotatable bonds is 2. The molecule has 78 valence electrons. The number of hydrogen-bond acceptors (Lipinski definition) is 3. The molecule has 0 bridgehead atoms. The number of H-pyrrole nitrogens is 1. The van der Waals surface area contributed by atoms with Crippen molar-refractivity contribution in [3.63, 3.8) is 0 Å². The van der Waals surface area contributed by atoms with Crippen molar-refractivity contribution in [3.05, 3.63) is 40.1 Å². The van der Waals surface area contributed by atoms with E-state index in [1.807, 2.05) is 0 Å². The Morgan fingerprint density at radius 1 is 1.53 bits per heavy atom. The topological polar surface area (TPSA) is 79.2 Å². The van der Waals surface area contributed by atoms with Crippen LogP contribution in [0.2, 0.25) is 0 Å². The molecule has 0 aliphatic heterocycles. The van der Waals surface area contributed by atoms with Crippen LogP contribution < -0.4 is 0 Å². The van der Waals surface area contributed by atoms with Crippen molar-refractivity contribution in [1.29, 1.82) is 0 Å². The van der Waals surface area contributed by atoms with E-state index in [0.717, 1.165) is 0 Å². The van der Waals surface area contributed by atoms with Crippen LogP contribution in [0.25, 0.3) is 10.9 Å². The van der Waals surface area contributed by atoms with Crippen LogP contribution in [0.3, 0.4) is 0 Å². The molecule has 0 aliphatic rings. The van der Waals surface area contributed by atoms with Gasteiger partial charge in [0.1, 0.15) is 5.52 Å². The fraction of sp³-hybridized carbons (Fsp3) is 0.200. The minimum absolute atomic E-state index is 0.0272. The van der Waals surface area contributed by atoms with Gasteiger partial charge < -0.3 is 10.1 Å². The summed E-state index contributed by atoms with van der Waals surface area (Å²) in [5.74, 6) is 0. The summed E-state index contributed by atoms with van der Waals surface area (Å²) in [5, 5.41) is 20.9. The Bertz CT molecular complexity index is 516. The monoisotopic (exact) mass is 206 g/mol. The molecule has 0 saturated heterocycles. The van der Waals surface area contributed by atoms with E-state index in [1.165, 1.54) is 6.07 Å². The molecule has 0 aliphatic carbocycles. The summed E-state index contributed by atoms with van der Waals surface area (Å²) in [6.45, 7) is 1.63. The molecule has 1 aromatic carbocycles. The molecule has 15 heavy (non-hydrogen) atoms. The number of nitro benzene ring substituents is 1.